The number of amides is 1. The van der Waals surface area contributed by atoms with Gasteiger partial charge >= 0.3 is 0 Å². The van der Waals surface area contributed by atoms with Crippen LogP contribution in [-0.2, 0) is 4.74 Å². The lowest BCUT2D eigenvalue weighted by Crippen LogP contribution is -2.44. The van der Waals surface area contributed by atoms with Crippen molar-refractivity contribution in [2.75, 3.05) is 69.0 Å². The summed E-state index contributed by atoms with van der Waals surface area (Å²) in [6.45, 7) is 5.60. The topological polar surface area (TPSA) is 82.6 Å². The minimum absolute atomic E-state index is 0.272. The van der Waals surface area contributed by atoms with E-state index < -0.39 is 0 Å². The Balaban J connectivity index is 1.51. The lowest BCUT2D eigenvalue weighted by atomic mass is 10.2. The highest BCUT2D eigenvalue weighted by Crippen LogP contribution is 2.19. The number of piperazine rings is 1. The van der Waals surface area contributed by atoms with Crippen LogP contribution in [0.4, 0.5) is 17.2 Å². The molecule has 0 atom stereocenters. The van der Waals surface area contributed by atoms with Crippen molar-refractivity contribution in [2.24, 2.45) is 0 Å². The summed E-state index contributed by atoms with van der Waals surface area (Å²) in [6.07, 6.45) is 3.93. The zero-order valence-electron chi connectivity index (χ0n) is 16.5. The normalized spacial score (nSPS) is 14.7. The highest BCUT2D eigenvalue weighted by molar-refractivity contribution is 6.02. The molecule has 2 aromatic rings. The molecule has 1 fully saturated rings. The van der Waals surface area contributed by atoms with Gasteiger partial charge in [-0.1, -0.05) is 0 Å². The minimum atomic E-state index is -0.272. The second kappa shape index (κ2) is 10.0. The number of nitrogens with one attached hydrogen (secondary N) is 2. The molecule has 1 aliphatic heterocycles. The van der Waals surface area contributed by atoms with Gasteiger partial charge in [0.25, 0.3) is 5.91 Å². The van der Waals surface area contributed by atoms with E-state index in [0.29, 0.717) is 12.4 Å². The maximum absolute atomic E-state index is 12.4. The van der Waals surface area contributed by atoms with E-state index in [1.165, 1.54) is 11.9 Å². The first-order valence-corrected chi connectivity index (χ1v) is 9.55. The molecule has 2 heterocycles. The summed E-state index contributed by atoms with van der Waals surface area (Å²) in [5.41, 5.74) is 2.20. The third kappa shape index (κ3) is 5.64. The minimum Gasteiger partial charge on any atom is -0.385 e. The maximum Gasteiger partial charge on any atom is 0.275 e. The Labute approximate surface area is 165 Å². The Kier molecular flexibility index (Phi) is 7.16. The zero-order valence-corrected chi connectivity index (χ0v) is 16.5. The van der Waals surface area contributed by atoms with Crippen LogP contribution in [0.25, 0.3) is 0 Å². The summed E-state index contributed by atoms with van der Waals surface area (Å²) in [5.74, 6) is 0.370. The van der Waals surface area contributed by atoms with E-state index in [-0.39, 0.29) is 11.6 Å². The highest BCUT2D eigenvalue weighted by Gasteiger charge is 2.14. The molecule has 8 heteroatoms. The quantitative estimate of drug-likeness (QED) is 0.673. The summed E-state index contributed by atoms with van der Waals surface area (Å²) in [5, 5.41) is 6.01. The van der Waals surface area contributed by atoms with Gasteiger partial charge in [0.2, 0.25) is 0 Å². The molecule has 3 rings (SSSR count). The predicted molar refractivity (Wildman–Crippen MR) is 111 cm³/mol. The first kappa shape index (κ1) is 20.0. The average molecular weight is 384 g/mol. The van der Waals surface area contributed by atoms with Crippen LogP contribution in [-0.4, -0.2) is 74.3 Å². The Morgan fingerprint density at radius 3 is 2.50 bits per heavy atom. The molecule has 8 nitrogen and oxygen atoms in total. The van der Waals surface area contributed by atoms with Crippen molar-refractivity contribution in [3.05, 3.63) is 42.4 Å². The molecule has 0 bridgehead atoms. The summed E-state index contributed by atoms with van der Waals surface area (Å²) >= 11 is 0. The molecule has 150 valence electrons. The van der Waals surface area contributed by atoms with Crippen molar-refractivity contribution in [3.63, 3.8) is 0 Å². The van der Waals surface area contributed by atoms with Crippen LogP contribution < -0.4 is 15.5 Å². The van der Waals surface area contributed by atoms with Crippen molar-refractivity contribution in [1.82, 2.24) is 14.9 Å². The van der Waals surface area contributed by atoms with Gasteiger partial charge in [-0.05, 0) is 37.7 Å². The predicted octanol–water partition coefficient (Wildman–Crippen LogP) is 1.93. The van der Waals surface area contributed by atoms with Gasteiger partial charge in [0.05, 0.1) is 12.4 Å². The van der Waals surface area contributed by atoms with E-state index in [4.69, 9.17) is 4.74 Å². The second-order valence-corrected chi connectivity index (χ2v) is 6.85. The second-order valence-electron chi connectivity index (χ2n) is 6.85. The molecule has 1 aromatic heterocycles. The SMILES string of the molecule is COCCCNc1cnc(C(=O)Nc2ccc(N3CCN(C)CC3)cc2)cn1. The Morgan fingerprint density at radius 1 is 1.11 bits per heavy atom. The molecular weight excluding hydrogens is 356 g/mol. The third-order valence-electron chi connectivity index (χ3n) is 4.71. The number of aromatic nitrogens is 2. The lowest BCUT2D eigenvalue weighted by Gasteiger charge is -2.34. The number of carbonyl (C=O) groups is 1. The molecule has 0 unspecified atom stereocenters. The summed E-state index contributed by atoms with van der Waals surface area (Å²) in [4.78, 5) is 25.5. The average Bonchev–Trinajstić information content (AvgIpc) is 2.73. The van der Waals surface area contributed by atoms with Gasteiger partial charge in [-0.15, -0.1) is 0 Å². The zero-order chi connectivity index (χ0) is 19.8. The Morgan fingerprint density at radius 2 is 1.86 bits per heavy atom. The summed E-state index contributed by atoms with van der Waals surface area (Å²) in [6, 6.07) is 7.93. The lowest BCUT2D eigenvalue weighted by molar-refractivity contribution is 0.102. The van der Waals surface area contributed by atoms with Gasteiger partial charge in [-0.2, -0.15) is 0 Å². The summed E-state index contributed by atoms with van der Waals surface area (Å²) < 4.78 is 5.00. The fourth-order valence-corrected chi connectivity index (χ4v) is 2.98. The van der Waals surface area contributed by atoms with Gasteiger partial charge in [0, 0.05) is 57.8 Å². The number of rotatable bonds is 8. The fraction of sp³-hybridized carbons (Fsp3) is 0.450. The van der Waals surface area contributed by atoms with Crippen LogP contribution in [0, 0.1) is 0 Å². The standard InChI is InChI=1S/C20H28N6O2/c1-25-9-11-26(12-10-25)17-6-4-16(5-7-17)24-20(27)18-14-23-19(15-22-18)21-8-3-13-28-2/h4-7,14-15H,3,8-13H2,1-2H3,(H,21,23)(H,24,27). The molecule has 0 aliphatic carbocycles. The fourth-order valence-electron chi connectivity index (χ4n) is 2.98. The van der Waals surface area contributed by atoms with Crippen LogP contribution in [0.2, 0.25) is 0 Å². The number of carbonyl (C=O) groups excluding carboxylic acids is 1. The van der Waals surface area contributed by atoms with E-state index >= 15 is 0 Å². The Hall–Kier alpha value is -2.71. The van der Waals surface area contributed by atoms with Gasteiger partial charge in [0.1, 0.15) is 11.5 Å². The van der Waals surface area contributed by atoms with E-state index in [1.807, 2.05) is 24.3 Å². The van der Waals surface area contributed by atoms with Gasteiger partial charge in [0.15, 0.2) is 0 Å². The molecule has 0 saturated carbocycles. The van der Waals surface area contributed by atoms with Crippen LogP contribution in [0.5, 0.6) is 0 Å². The van der Waals surface area contributed by atoms with E-state index in [0.717, 1.165) is 44.8 Å². The first-order chi connectivity index (χ1) is 13.7. The Bertz CT molecular complexity index is 742. The van der Waals surface area contributed by atoms with Crippen LogP contribution in [0.3, 0.4) is 0 Å². The first-order valence-electron chi connectivity index (χ1n) is 9.55. The molecule has 0 spiro atoms. The number of benzene rings is 1. The van der Waals surface area contributed by atoms with Crippen molar-refractivity contribution < 1.29 is 9.53 Å². The van der Waals surface area contributed by atoms with Crippen LogP contribution in [0.15, 0.2) is 36.7 Å². The van der Waals surface area contributed by atoms with Crippen molar-refractivity contribution in [1.29, 1.82) is 0 Å². The van der Waals surface area contributed by atoms with Gasteiger partial charge in [-0.25, -0.2) is 9.97 Å². The van der Waals surface area contributed by atoms with Crippen LogP contribution in [0.1, 0.15) is 16.9 Å². The molecule has 0 radical (unpaired) electrons. The summed E-state index contributed by atoms with van der Waals surface area (Å²) in [7, 11) is 3.82. The van der Waals surface area contributed by atoms with Crippen molar-refractivity contribution >= 4 is 23.1 Å². The molecular formula is C20H28N6O2. The molecule has 1 aliphatic rings. The third-order valence-corrected chi connectivity index (χ3v) is 4.71. The number of hydrogen-bond acceptors (Lipinski definition) is 7. The number of anilines is 3. The van der Waals surface area contributed by atoms with Gasteiger partial charge in [-0.3, -0.25) is 4.79 Å². The van der Waals surface area contributed by atoms with Gasteiger partial charge < -0.3 is 25.2 Å². The monoisotopic (exact) mass is 384 g/mol. The van der Waals surface area contributed by atoms with Crippen LogP contribution >= 0.6 is 0 Å². The molecule has 1 aromatic carbocycles. The molecule has 28 heavy (non-hydrogen) atoms. The van der Waals surface area contributed by atoms with E-state index in [9.17, 15) is 4.79 Å². The number of nitrogens with zero attached hydrogens (tertiary/aromatic N) is 4. The molecule has 1 amide bonds. The number of ether oxygens (including phenoxy) is 1. The molecule has 1 saturated heterocycles. The highest BCUT2D eigenvalue weighted by atomic mass is 16.5. The number of hydrogen-bond donors (Lipinski definition) is 2. The van der Waals surface area contributed by atoms with Crippen molar-refractivity contribution in [2.45, 2.75) is 6.42 Å². The van der Waals surface area contributed by atoms with E-state index in [1.54, 1.807) is 13.3 Å². The van der Waals surface area contributed by atoms with Crippen molar-refractivity contribution in [3.8, 4) is 0 Å². The number of methoxy groups -OCH3 is 1. The number of likely N-dealkylation sites (N-methyl/N-ethyl adjacent to an activating group) is 1. The molecule has 2 N–H and O–H groups in total. The van der Waals surface area contributed by atoms with E-state index in [2.05, 4.69) is 37.4 Å². The smallest absolute Gasteiger partial charge is 0.275 e. The maximum atomic E-state index is 12.4. The largest absolute Gasteiger partial charge is 0.385 e.